The second-order valence-corrected chi connectivity index (χ2v) is 24.6. The van der Waals surface area contributed by atoms with Crippen molar-refractivity contribution in [1.29, 1.82) is 1.28 Å². The van der Waals surface area contributed by atoms with Crippen LogP contribution in [0.3, 0.4) is 0 Å². The van der Waals surface area contributed by atoms with Crippen molar-refractivity contribution in [2.45, 2.75) is 0 Å². The number of rotatable bonds is 9. The molecule has 0 N–H and O–H groups in total. The van der Waals surface area contributed by atoms with Crippen molar-refractivity contribution in [1.82, 2.24) is 9.13 Å². The highest BCUT2D eigenvalue weighted by molar-refractivity contribution is 7.19. The summed E-state index contributed by atoms with van der Waals surface area (Å²) in [6.45, 7) is 0. The second-order valence-electron chi connectivity index (χ2n) is 24.1. The molecule has 0 spiro atoms. The van der Waals surface area contributed by atoms with Gasteiger partial charge in [0.2, 0.25) is 0 Å². The molecule has 0 amide bonds. The number of benzene rings is 16. The number of hydrogen-bond acceptors (Lipinski definition) is 0. The smallest absolute Gasteiger partial charge is 0.0709 e. The van der Waals surface area contributed by atoms with Crippen LogP contribution in [0.1, 0.15) is 0 Å². The number of aromatic nitrogens is 2. The summed E-state index contributed by atoms with van der Waals surface area (Å²) in [7, 11) is 8.83. The van der Waals surface area contributed by atoms with E-state index in [2.05, 4.69) is 382 Å². The lowest BCUT2D eigenvalue weighted by Gasteiger charge is -2.21. The zero-order valence-corrected chi connectivity index (χ0v) is 55.3. The first kappa shape index (κ1) is 59.8. The fraction of sp³-hybridized carbons (Fsp3) is 0.0110. The zero-order chi connectivity index (χ0) is 65.6. The maximum Gasteiger partial charge on any atom is 0.0709 e. The minimum atomic E-state index is 0.667. The summed E-state index contributed by atoms with van der Waals surface area (Å²) >= 11 is 0. The van der Waals surface area contributed by atoms with E-state index in [9.17, 15) is 0 Å². The van der Waals surface area contributed by atoms with E-state index in [0.717, 1.165) is 0 Å². The third-order valence-corrected chi connectivity index (χ3v) is 18.6. The summed E-state index contributed by atoms with van der Waals surface area (Å²) in [5.41, 5.74) is 24.3. The molecule has 2 unspecified atom stereocenters. The van der Waals surface area contributed by atoms with Crippen LogP contribution in [0, 0.1) is 0 Å². The van der Waals surface area contributed by atoms with Gasteiger partial charge in [0, 0.05) is 32.9 Å². The van der Waals surface area contributed by atoms with Crippen molar-refractivity contribution in [3.8, 4) is 89.3 Å². The van der Waals surface area contributed by atoms with Crippen LogP contribution in [0.15, 0.2) is 364 Å². The van der Waals surface area contributed by atoms with Crippen LogP contribution in [0.5, 0.6) is 0 Å². The first-order valence-electron chi connectivity index (χ1n) is 33.1. The third kappa shape index (κ3) is 11.4. The Morgan fingerprint density at radius 1 is 0.219 bits per heavy atom. The molecule has 454 valence electrons. The molecule has 0 bridgehead atoms. The molecular weight excluding hydrogens is 1190 g/mol. The van der Waals surface area contributed by atoms with Crippen molar-refractivity contribution in [3.05, 3.63) is 364 Å². The lowest BCUT2D eigenvalue weighted by molar-refractivity contribution is 1.18. The summed E-state index contributed by atoms with van der Waals surface area (Å²) in [4.78, 5) is 0. The van der Waals surface area contributed by atoms with Crippen LogP contribution in [0.4, 0.5) is 0 Å². The van der Waals surface area contributed by atoms with Gasteiger partial charge >= 0.3 is 0 Å². The van der Waals surface area contributed by atoms with Gasteiger partial charge in [-0.15, -0.1) is 9.24 Å². The van der Waals surface area contributed by atoms with Gasteiger partial charge in [0.25, 0.3) is 0 Å². The molecular formula is C91H67BN2P2. The highest BCUT2D eigenvalue weighted by atomic mass is 31.0. The average molecular weight is 1260 g/mol. The van der Waals surface area contributed by atoms with Gasteiger partial charge in [0.05, 0.1) is 31.2 Å². The predicted octanol–water partition coefficient (Wildman–Crippen LogP) is 24.7. The van der Waals surface area contributed by atoms with Crippen molar-refractivity contribution in [3.63, 3.8) is 0 Å². The molecule has 2 atom stereocenters. The lowest BCUT2D eigenvalue weighted by Crippen LogP contribution is -1.94. The van der Waals surface area contributed by atoms with Crippen molar-refractivity contribution < 1.29 is 0 Å². The first-order valence-corrected chi connectivity index (χ1v) is 33.4. The number of hydrogen-bond donors (Lipinski definition) is 0. The Morgan fingerprint density at radius 2 is 0.385 bits per heavy atom. The van der Waals surface area contributed by atoms with Crippen LogP contribution in [0.25, 0.3) is 165 Å². The maximum absolute atomic E-state index is 5.67. The van der Waals surface area contributed by atoms with Gasteiger partial charge in [-0.2, -0.15) is 9.84 Å². The molecule has 0 saturated heterocycles. The highest BCUT2D eigenvalue weighted by Gasteiger charge is 2.22. The Labute approximate surface area is 569 Å². The number of para-hydroxylation sites is 4. The van der Waals surface area contributed by atoms with Crippen LogP contribution < -0.4 is 0 Å². The molecule has 0 aliphatic rings. The summed E-state index contributed by atoms with van der Waals surface area (Å²) in [6.07, 6.45) is 0. The van der Waals surface area contributed by atoms with Crippen LogP contribution in [-0.2, 0) is 0 Å². The highest BCUT2D eigenvalue weighted by Crippen LogP contribution is 2.48. The van der Waals surface area contributed by atoms with E-state index >= 15 is 0 Å². The van der Waals surface area contributed by atoms with E-state index in [4.69, 9.17) is 9.12 Å². The van der Waals surface area contributed by atoms with Gasteiger partial charge in [0.1, 0.15) is 0 Å². The van der Waals surface area contributed by atoms with Gasteiger partial charge in [0.15, 0.2) is 0 Å². The van der Waals surface area contributed by atoms with Gasteiger partial charge in [-0.05, 0) is 195 Å². The topological polar surface area (TPSA) is 9.86 Å². The summed E-state index contributed by atoms with van der Waals surface area (Å²) in [6, 6.07) is 133. The molecule has 0 aliphatic carbocycles. The predicted molar refractivity (Wildman–Crippen MR) is 424 cm³/mol. The van der Waals surface area contributed by atoms with E-state index in [0.29, 0.717) is 6.06 Å². The summed E-state index contributed by atoms with van der Waals surface area (Å²) in [5.74, 6) is 0. The average Bonchev–Trinajstić information content (AvgIpc) is 1.53. The zero-order valence-electron chi connectivity index (χ0n) is 54.0. The summed E-state index contributed by atoms with van der Waals surface area (Å²) < 4.78 is 10.4. The van der Waals surface area contributed by atoms with Crippen molar-refractivity contribution in [2.24, 2.45) is 0 Å². The number of nitrogens with zero attached hydrogens (tertiary/aromatic N) is 2. The third-order valence-electron chi connectivity index (χ3n) is 18.6. The first-order chi connectivity index (χ1) is 48.1. The Bertz CT molecular complexity index is 4970. The normalized spacial score (nSPS) is 11.2. The van der Waals surface area contributed by atoms with E-state index in [-0.39, 0.29) is 0 Å². The Hall–Kier alpha value is -11.2. The van der Waals surface area contributed by atoms with E-state index in [1.165, 1.54) is 165 Å². The molecule has 5 heteroatoms. The molecule has 2 radical (unpaired) electrons. The van der Waals surface area contributed by atoms with Gasteiger partial charge in [-0.25, -0.2) is 0 Å². The molecule has 0 saturated carbocycles. The molecule has 0 aliphatic heterocycles. The summed E-state index contributed by atoms with van der Waals surface area (Å²) in [5, 5.41) is 12.6. The van der Waals surface area contributed by atoms with Crippen LogP contribution >= 0.6 is 19.1 Å². The van der Waals surface area contributed by atoms with Gasteiger partial charge in [-0.1, -0.05) is 285 Å². The molecule has 96 heavy (non-hydrogen) atoms. The largest absolute Gasteiger partial charge is 0.309 e. The Kier molecular flexibility index (Phi) is 16.8. The monoisotopic (exact) mass is 1260 g/mol. The Morgan fingerprint density at radius 3 is 0.573 bits per heavy atom. The number of fused-ring (bicyclic) bond motifs is 12. The molecule has 2 nitrogen and oxygen atoms in total. The van der Waals surface area contributed by atoms with Crippen molar-refractivity contribution >= 4 is 103 Å². The maximum atomic E-state index is 5.67. The fourth-order valence-electron chi connectivity index (χ4n) is 14.3. The second kappa shape index (κ2) is 27.0. The quantitative estimate of drug-likeness (QED) is 0.0774. The SMILES string of the molecule is [3H]P.[B]CP.c1ccc(-c2cc3c4cc(-c5ccccc5)c(-c5ccccc5)cc4c4cc(-c5ccccc5)c(-c5ccccc5)cc4c3cc2-c2ccccc2)cc1.c1ccc2c(c1)c1ccccc1n2-c1ccc(-c2ccc(-n3c4ccccc4c4ccccc43)cc2)cc1. The standard InChI is InChI=1S/C54H36.C36H24N2.CH4BP.H3P/c1-7-19-37(20-8-1)43-31-49-50(32-44(43)38-21-9-2-10-22-38)52-34-46(40-25-13-4-14-26-40)48(42-29-17-6-18-30-42)36-54(52)53-35-47(41-27-15-5-16-28-41)45(33-51(49)53)39-23-11-3-12-24-39;1-5-13-33-29(9-1)30-10-2-6-14-34(30)37(33)27-21-17-25(18-22-27)26-19-23-28(24-20-26)38-35-15-7-3-11-31(35)32-12-4-8-16-36(32)38;2-1-3;/h1-36H;1-24H;1,3H2;1H3/i;;;1T. The molecule has 18 rings (SSSR count). The van der Waals surface area contributed by atoms with Crippen LogP contribution in [0.2, 0.25) is 0 Å². The van der Waals surface area contributed by atoms with Crippen molar-refractivity contribution in [2.75, 3.05) is 6.06 Å². The molecule has 2 aromatic heterocycles. The molecule has 18 aromatic rings. The van der Waals surface area contributed by atoms with E-state index < -0.39 is 0 Å². The minimum absolute atomic E-state index is 0.667. The van der Waals surface area contributed by atoms with E-state index in [1.54, 1.807) is 9.84 Å². The lowest BCUT2D eigenvalue weighted by atomic mass is 9.82. The van der Waals surface area contributed by atoms with E-state index in [1.807, 2.05) is 0 Å². The van der Waals surface area contributed by atoms with Gasteiger partial charge in [-0.3, -0.25) is 0 Å². The minimum Gasteiger partial charge on any atom is -0.309 e. The molecule has 0 fully saturated rings. The van der Waals surface area contributed by atoms with Gasteiger partial charge < -0.3 is 9.13 Å². The Balaban J connectivity index is 0.000000157. The fourth-order valence-corrected chi connectivity index (χ4v) is 14.3. The van der Waals surface area contributed by atoms with Crippen LogP contribution in [-0.4, -0.2) is 24.3 Å². The molecule has 16 aromatic carbocycles. The molecule has 2 heterocycles.